The Morgan fingerprint density at radius 1 is 1.21 bits per heavy atom. The normalized spacial score (nSPS) is 18.4. The van der Waals surface area contributed by atoms with Gasteiger partial charge in [0.25, 0.3) is 5.91 Å². The average Bonchev–Trinajstić information content (AvgIpc) is 2.96. The van der Waals surface area contributed by atoms with E-state index in [4.69, 9.17) is 0 Å². The summed E-state index contributed by atoms with van der Waals surface area (Å²) >= 11 is 0. The van der Waals surface area contributed by atoms with E-state index in [2.05, 4.69) is 4.98 Å². The number of aromatic nitrogens is 1. The molecule has 0 spiro atoms. The van der Waals surface area contributed by atoms with E-state index in [0.717, 1.165) is 16.0 Å². The molecule has 0 unspecified atom stereocenters. The van der Waals surface area contributed by atoms with Gasteiger partial charge >= 0.3 is 6.18 Å². The van der Waals surface area contributed by atoms with E-state index in [9.17, 15) is 18.0 Å². The smallest absolute Gasteiger partial charge is 0.327 e. The number of carbonyl (C=O) groups is 1. The quantitative estimate of drug-likeness (QED) is 0.777. The first-order valence-electron chi connectivity index (χ1n) is 7.95. The number of likely N-dealkylation sites (tertiary alicyclic amines) is 1. The van der Waals surface area contributed by atoms with Crippen LogP contribution >= 0.6 is 0 Å². The number of pyridine rings is 1. The number of amides is 1. The number of benzene rings is 1. The van der Waals surface area contributed by atoms with Crippen molar-refractivity contribution in [1.29, 1.82) is 0 Å². The zero-order valence-electron chi connectivity index (χ0n) is 13.9. The van der Waals surface area contributed by atoms with E-state index in [1.807, 2.05) is 26.0 Å². The van der Waals surface area contributed by atoms with Gasteiger partial charge in [0.05, 0.1) is 11.1 Å². The van der Waals surface area contributed by atoms with Crippen LogP contribution in [0.5, 0.6) is 0 Å². The first-order chi connectivity index (χ1) is 11.2. The van der Waals surface area contributed by atoms with Crippen LogP contribution in [0, 0.1) is 20.8 Å². The molecule has 0 N–H and O–H groups in total. The minimum atomic E-state index is -4.39. The maximum atomic E-state index is 13.2. The lowest BCUT2D eigenvalue weighted by Gasteiger charge is -2.27. The molecule has 3 rings (SSSR count). The largest absolute Gasteiger partial charge is 0.408 e. The second-order valence-electron chi connectivity index (χ2n) is 6.49. The molecule has 128 valence electrons. The molecule has 1 saturated heterocycles. The van der Waals surface area contributed by atoms with Crippen molar-refractivity contribution in [2.75, 3.05) is 6.54 Å². The molecular weight excluding hydrogens is 317 g/mol. The summed E-state index contributed by atoms with van der Waals surface area (Å²) in [7, 11) is 0. The zero-order valence-corrected chi connectivity index (χ0v) is 13.9. The van der Waals surface area contributed by atoms with Crippen molar-refractivity contribution >= 4 is 16.8 Å². The van der Waals surface area contributed by atoms with Crippen LogP contribution in [0.2, 0.25) is 0 Å². The Labute approximate surface area is 138 Å². The van der Waals surface area contributed by atoms with Gasteiger partial charge < -0.3 is 4.90 Å². The first-order valence-corrected chi connectivity index (χ1v) is 7.95. The Hall–Kier alpha value is -2.11. The summed E-state index contributed by atoms with van der Waals surface area (Å²) < 4.78 is 39.6. The van der Waals surface area contributed by atoms with E-state index in [-0.39, 0.29) is 13.0 Å². The molecular formula is C18H19F3N2O. The van der Waals surface area contributed by atoms with E-state index < -0.39 is 18.1 Å². The average molecular weight is 336 g/mol. The monoisotopic (exact) mass is 336 g/mol. The summed E-state index contributed by atoms with van der Waals surface area (Å²) in [5.74, 6) is -0.560. The van der Waals surface area contributed by atoms with Gasteiger partial charge in [0, 0.05) is 17.6 Å². The van der Waals surface area contributed by atoms with Gasteiger partial charge in [-0.25, -0.2) is 0 Å². The maximum absolute atomic E-state index is 13.2. The number of aryl methyl sites for hydroxylation is 3. The van der Waals surface area contributed by atoms with Crippen molar-refractivity contribution in [2.24, 2.45) is 0 Å². The summed E-state index contributed by atoms with van der Waals surface area (Å²) in [5.41, 5.74) is 3.47. The molecule has 1 fully saturated rings. The lowest BCUT2D eigenvalue weighted by molar-refractivity contribution is -0.169. The van der Waals surface area contributed by atoms with Crippen molar-refractivity contribution in [1.82, 2.24) is 9.88 Å². The van der Waals surface area contributed by atoms with Gasteiger partial charge in [0.1, 0.15) is 6.04 Å². The molecule has 2 heterocycles. The Kier molecular flexibility index (Phi) is 4.01. The maximum Gasteiger partial charge on any atom is 0.408 e. The number of fused-ring (bicyclic) bond motifs is 1. The van der Waals surface area contributed by atoms with E-state index in [0.29, 0.717) is 28.6 Å². The van der Waals surface area contributed by atoms with Crippen LogP contribution in [-0.4, -0.2) is 34.6 Å². The minimum Gasteiger partial charge on any atom is -0.327 e. The molecule has 24 heavy (non-hydrogen) atoms. The molecule has 1 atom stereocenters. The molecule has 1 aliphatic heterocycles. The molecule has 1 aromatic carbocycles. The second-order valence-corrected chi connectivity index (χ2v) is 6.49. The summed E-state index contributed by atoms with van der Waals surface area (Å²) in [5, 5.41) is 0.621. The fraction of sp³-hybridized carbons (Fsp3) is 0.444. The predicted molar refractivity (Wildman–Crippen MR) is 86.1 cm³/mol. The molecule has 1 aliphatic rings. The van der Waals surface area contributed by atoms with Crippen LogP contribution in [0.3, 0.4) is 0 Å². The van der Waals surface area contributed by atoms with Gasteiger partial charge in [0.2, 0.25) is 0 Å². The first kappa shape index (κ1) is 16.7. The number of halogens is 3. The van der Waals surface area contributed by atoms with Crippen LogP contribution < -0.4 is 0 Å². The SMILES string of the molecule is Cc1cc(C)c2nc(C)cc(C(=O)N3CCC[C@H]3C(F)(F)F)c2c1. The van der Waals surface area contributed by atoms with Crippen molar-refractivity contribution in [3.63, 3.8) is 0 Å². The highest BCUT2D eigenvalue weighted by Gasteiger charge is 2.48. The highest BCUT2D eigenvalue weighted by Crippen LogP contribution is 2.34. The predicted octanol–water partition coefficient (Wildman–Crippen LogP) is 4.33. The molecule has 6 heteroatoms. The lowest BCUT2D eigenvalue weighted by atomic mass is 10.0. The Morgan fingerprint density at radius 2 is 1.92 bits per heavy atom. The molecule has 0 aliphatic carbocycles. The number of carbonyl (C=O) groups excluding carboxylic acids is 1. The summed E-state index contributed by atoms with van der Waals surface area (Å²) in [6.07, 6.45) is -4.05. The van der Waals surface area contributed by atoms with Crippen LogP contribution in [0.4, 0.5) is 13.2 Å². The third-order valence-corrected chi connectivity index (χ3v) is 4.50. The Morgan fingerprint density at radius 3 is 2.58 bits per heavy atom. The molecule has 0 radical (unpaired) electrons. The fourth-order valence-corrected chi connectivity index (χ4v) is 3.49. The van der Waals surface area contributed by atoms with E-state index >= 15 is 0 Å². The van der Waals surface area contributed by atoms with Crippen LogP contribution in [0.15, 0.2) is 18.2 Å². The van der Waals surface area contributed by atoms with Gasteiger partial charge in [0.15, 0.2) is 0 Å². The third-order valence-electron chi connectivity index (χ3n) is 4.50. The number of rotatable bonds is 1. The van der Waals surface area contributed by atoms with Gasteiger partial charge in [-0.05, 0) is 51.3 Å². The molecule has 0 saturated carbocycles. The topological polar surface area (TPSA) is 33.2 Å². The summed E-state index contributed by atoms with van der Waals surface area (Å²) in [4.78, 5) is 18.3. The number of alkyl halides is 3. The summed E-state index contributed by atoms with van der Waals surface area (Å²) in [6, 6.07) is 3.67. The van der Waals surface area contributed by atoms with Gasteiger partial charge in [-0.2, -0.15) is 13.2 Å². The highest BCUT2D eigenvalue weighted by molar-refractivity contribution is 6.07. The molecule has 2 aromatic rings. The van der Waals surface area contributed by atoms with Gasteiger partial charge in [-0.1, -0.05) is 11.6 Å². The standard InChI is InChI=1S/C18H19F3N2O/c1-10-7-11(2)16-13(8-10)14(9-12(3)22-16)17(24)23-6-4-5-15(23)18(19,20)21/h7-9,15H,4-6H2,1-3H3/t15-/m0/s1. The van der Waals surface area contributed by atoms with E-state index in [1.54, 1.807) is 13.0 Å². The highest BCUT2D eigenvalue weighted by atomic mass is 19.4. The third kappa shape index (κ3) is 2.85. The fourth-order valence-electron chi connectivity index (χ4n) is 3.49. The molecule has 0 bridgehead atoms. The number of hydrogen-bond donors (Lipinski definition) is 0. The van der Waals surface area contributed by atoms with Crippen LogP contribution in [0.1, 0.15) is 40.0 Å². The summed E-state index contributed by atoms with van der Waals surface area (Å²) in [6.45, 7) is 5.68. The Balaban J connectivity index is 2.13. The van der Waals surface area contributed by atoms with Crippen molar-refractivity contribution < 1.29 is 18.0 Å². The number of hydrogen-bond acceptors (Lipinski definition) is 2. The molecule has 1 amide bonds. The number of nitrogens with zero attached hydrogens (tertiary/aromatic N) is 2. The zero-order chi connectivity index (χ0) is 17.6. The Bertz CT molecular complexity index is 814. The molecule has 1 aromatic heterocycles. The van der Waals surface area contributed by atoms with Gasteiger partial charge in [-0.3, -0.25) is 9.78 Å². The lowest BCUT2D eigenvalue weighted by Crippen LogP contribution is -2.44. The van der Waals surface area contributed by atoms with Crippen molar-refractivity contribution in [2.45, 2.75) is 45.8 Å². The minimum absolute atomic E-state index is 0.0324. The van der Waals surface area contributed by atoms with Crippen LogP contribution in [-0.2, 0) is 0 Å². The van der Waals surface area contributed by atoms with Crippen LogP contribution in [0.25, 0.3) is 10.9 Å². The second kappa shape index (κ2) is 5.76. The van der Waals surface area contributed by atoms with Crippen molar-refractivity contribution in [3.05, 3.63) is 40.6 Å². The van der Waals surface area contributed by atoms with E-state index in [1.165, 1.54) is 0 Å². The van der Waals surface area contributed by atoms with Crippen molar-refractivity contribution in [3.8, 4) is 0 Å². The molecule has 3 nitrogen and oxygen atoms in total. The van der Waals surface area contributed by atoms with Gasteiger partial charge in [-0.15, -0.1) is 0 Å².